The molecule has 0 aliphatic carbocycles. The zero-order valence-electron chi connectivity index (χ0n) is 14.5. The van der Waals surface area contributed by atoms with Crippen LogP contribution in [-0.4, -0.2) is 24.7 Å². The van der Waals surface area contributed by atoms with Crippen LogP contribution in [0.25, 0.3) is 21.9 Å². The summed E-state index contributed by atoms with van der Waals surface area (Å²) in [4.78, 5) is 23.1. The van der Waals surface area contributed by atoms with Crippen molar-refractivity contribution in [2.45, 2.75) is 6.92 Å². The van der Waals surface area contributed by atoms with Crippen LogP contribution in [0.4, 0.5) is 5.69 Å². The quantitative estimate of drug-likeness (QED) is 0.514. The molecule has 1 N–H and O–H groups in total. The fourth-order valence-corrected chi connectivity index (χ4v) is 3.94. The van der Waals surface area contributed by atoms with Gasteiger partial charge in [0.05, 0.1) is 17.1 Å². The van der Waals surface area contributed by atoms with Crippen molar-refractivity contribution >= 4 is 33.5 Å². The summed E-state index contributed by atoms with van der Waals surface area (Å²) >= 11 is 1.58. The van der Waals surface area contributed by atoms with Crippen molar-refractivity contribution in [3.05, 3.63) is 77.8 Å². The third-order valence-corrected chi connectivity index (χ3v) is 5.23. The molecule has 0 aliphatic rings. The van der Waals surface area contributed by atoms with Crippen molar-refractivity contribution in [2.75, 3.05) is 5.32 Å². The number of pyridine rings is 1. The van der Waals surface area contributed by atoms with Crippen molar-refractivity contribution in [3.63, 3.8) is 0 Å². The van der Waals surface area contributed by atoms with Crippen LogP contribution in [0.3, 0.4) is 0 Å². The molecule has 0 fully saturated rings. The summed E-state index contributed by atoms with van der Waals surface area (Å²) in [6.45, 7) is 1.84. The average molecular weight is 373 g/mol. The highest BCUT2D eigenvalue weighted by molar-refractivity contribution is 7.15. The van der Waals surface area contributed by atoms with Gasteiger partial charge >= 0.3 is 0 Å². The van der Waals surface area contributed by atoms with E-state index in [1.807, 2.05) is 77.8 Å². The number of carbonyl (C=O) groups excluding carboxylic acids is 1. The van der Waals surface area contributed by atoms with Gasteiger partial charge in [-0.15, -0.1) is 11.3 Å². The maximum absolute atomic E-state index is 13.0. The first-order valence-electron chi connectivity index (χ1n) is 8.47. The topological polar surface area (TPSA) is 63.7 Å². The zero-order valence-corrected chi connectivity index (χ0v) is 15.3. The zero-order chi connectivity index (χ0) is 18.4. The summed E-state index contributed by atoms with van der Waals surface area (Å²) in [5, 5.41) is 5.03. The molecule has 1 aromatic carbocycles. The minimum Gasteiger partial charge on any atom is -0.320 e. The number of nitrogens with one attached hydrogen (secondary N) is 1. The van der Waals surface area contributed by atoms with Crippen LogP contribution in [0.1, 0.15) is 16.2 Å². The highest BCUT2D eigenvalue weighted by Crippen LogP contribution is 2.29. The molecule has 6 nitrogen and oxygen atoms in total. The van der Waals surface area contributed by atoms with E-state index < -0.39 is 0 Å². The van der Waals surface area contributed by atoms with Gasteiger partial charge in [0.25, 0.3) is 5.91 Å². The Kier molecular flexibility index (Phi) is 3.54. The van der Waals surface area contributed by atoms with Gasteiger partial charge < -0.3 is 5.32 Å². The molecule has 7 heteroatoms. The summed E-state index contributed by atoms with van der Waals surface area (Å²) in [7, 11) is 0. The molecule has 0 radical (unpaired) electrons. The Hall–Kier alpha value is -3.45. The lowest BCUT2D eigenvalue weighted by atomic mass is 10.1. The summed E-state index contributed by atoms with van der Waals surface area (Å²) in [5.41, 5.74) is 4.41. The standard InChI is InChI=1S/C20H15N5OS/c1-13-18(25-9-5-4-8-17(25)21-13)19(26)22-15-7-3-2-6-14(15)16-12-24-10-11-27-20(24)23-16/h2-12H,1H3,(H,22,26). The monoisotopic (exact) mass is 373 g/mol. The Balaban J connectivity index is 1.55. The van der Waals surface area contributed by atoms with Crippen LogP contribution in [0.5, 0.6) is 0 Å². The first-order chi connectivity index (χ1) is 13.2. The lowest BCUT2D eigenvalue weighted by molar-refractivity contribution is 0.102. The number of carbonyl (C=O) groups is 1. The van der Waals surface area contributed by atoms with Gasteiger partial charge in [-0.3, -0.25) is 13.6 Å². The number of hydrogen-bond acceptors (Lipinski definition) is 4. The van der Waals surface area contributed by atoms with Crippen LogP contribution < -0.4 is 5.32 Å². The lowest BCUT2D eigenvalue weighted by Gasteiger charge is -2.10. The molecule has 0 bridgehead atoms. The molecule has 1 amide bonds. The van der Waals surface area contributed by atoms with E-state index in [1.165, 1.54) is 0 Å². The molecule has 4 heterocycles. The molecule has 27 heavy (non-hydrogen) atoms. The van der Waals surface area contributed by atoms with Gasteiger partial charge in [0.15, 0.2) is 4.96 Å². The fraction of sp³-hybridized carbons (Fsp3) is 0.0500. The molecule has 4 aromatic heterocycles. The number of aromatic nitrogens is 4. The Morgan fingerprint density at radius 3 is 2.81 bits per heavy atom. The maximum Gasteiger partial charge on any atom is 0.274 e. The number of anilines is 1. The molecular formula is C20H15N5OS. The van der Waals surface area contributed by atoms with Gasteiger partial charge in [-0.25, -0.2) is 9.97 Å². The molecule has 0 saturated carbocycles. The first-order valence-corrected chi connectivity index (χ1v) is 9.35. The van der Waals surface area contributed by atoms with E-state index in [0.29, 0.717) is 11.4 Å². The second kappa shape index (κ2) is 6.07. The number of fused-ring (bicyclic) bond motifs is 2. The van der Waals surface area contributed by atoms with Crippen molar-refractivity contribution in [1.82, 2.24) is 18.8 Å². The van der Waals surface area contributed by atoms with E-state index in [4.69, 9.17) is 0 Å². The number of benzene rings is 1. The number of para-hydroxylation sites is 1. The van der Waals surface area contributed by atoms with Crippen LogP contribution in [-0.2, 0) is 0 Å². The van der Waals surface area contributed by atoms with Gasteiger partial charge in [0.2, 0.25) is 0 Å². The minimum atomic E-state index is -0.195. The number of amides is 1. The summed E-state index contributed by atoms with van der Waals surface area (Å²) in [6, 6.07) is 13.4. The van der Waals surface area contributed by atoms with Crippen molar-refractivity contribution in [1.29, 1.82) is 0 Å². The number of rotatable bonds is 3. The van der Waals surface area contributed by atoms with Crippen LogP contribution in [0.15, 0.2) is 66.4 Å². The normalized spacial score (nSPS) is 11.3. The van der Waals surface area contributed by atoms with Gasteiger partial charge in [0, 0.05) is 29.5 Å². The maximum atomic E-state index is 13.0. The predicted molar refractivity (Wildman–Crippen MR) is 106 cm³/mol. The van der Waals surface area contributed by atoms with Gasteiger partial charge in [-0.05, 0) is 25.1 Å². The number of aryl methyl sites for hydroxylation is 1. The fourth-order valence-electron chi connectivity index (χ4n) is 3.24. The molecular weight excluding hydrogens is 358 g/mol. The molecule has 0 spiro atoms. The van der Waals surface area contributed by atoms with E-state index in [9.17, 15) is 4.79 Å². The van der Waals surface area contributed by atoms with E-state index in [-0.39, 0.29) is 5.91 Å². The van der Waals surface area contributed by atoms with Crippen LogP contribution >= 0.6 is 11.3 Å². The molecule has 0 saturated heterocycles. The minimum absolute atomic E-state index is 0.195. The molecule has 0 atom stereocenters. The molecule has 5 aromatic rings. The van der Waals surface area contributed by atoms with E-state index in [0.717, 1.165) is 27.6 Å². The van der Waals surface area contributed by atoms with Crippen molar-refractivity contribution < 1.29 is 4.79 Å². The van der Waals surface area contributed by atoms with Crippen LogP contribution in [0, 0.1) is 6.92 Å². The van der Waals surface area contributed by atoms with Gasteiger partial charge in [-0.1, -0.05) is 24.3 Å². The van der Waals surface area contributed by atoms with Crippen molar-refractivity contribution in [2.24, 2.45) is 0 Å². The average Bonchev–Trinajstić information content (AvgIpc) is 3.34. The third kappa shape index (κ3) is 2.60. The third-order valence-electron chi connectivity index (χ3n) is 4.46. The second-order valence-electron chi connectivity index (χ2n) is 6.19. The Bertz CT molecular complexity index is 1270. The SMILES string of the molecule is Cc1nc2ccccn2c1C(=O)Nc1ccccc1-c1cn2ccsc2n1. The highest BCUT2D eigenvalue weighted by atomic mass is 32.1. The molecule has 0 unspecified atom stereocenters. The lowest BCUT2D eigenvalue weighted by Crippen LogP contribution is -2.16. The van der Waals surface area contributed by atoms with Gasteiger partial charge in [-0.2, -0.15) is 0 Å². The summed E-state index contributed by atoms with van der Waals surface area (Å²) in [5.74, 6) is -0.195. The van der Waals surface area contributed by atoms with E-state index in [2.05, 4.69) is 15.3 Å². The van der Waals surface area contributed by atoms with E-state index in [1.54, 1.807) is 15.7 Å². The summed E-state index contributed by atoms with van der Waals surface area (Å²) in [6.07, 6.45) is 5.79. The predicted octanol–water partition coefficient (Wildman–Crippen LogP) is 4.27. The smallest absolute Gasteiger partial charge is 0.274 e. The Morgan fingerprint density at radius 1 is 1.07 bits per heavy atom. The Labute approximate surface area is 158 Å². The van der Waals surface area contributed by atoms with Crippen molar-refractivity contribution in [3.8, 4) is 11.3 Å². The second-order valence-corrected chi connectivity index (χ2v) is 7.07. The van der Waals surface area contributed by atoms with Crippen LogP contribution in [0.2, 0.25) is 0 Å². The Morgan fingerprint density at radius 2 is 1.93 bits per heavy atom. The highest BCUT2D eigenvalue weighted by Gasteiger charge is 2.18. The van der Waals surface area contributed by atoms with E-state index >= 15 is 0 Å². The summed E-state index contributed by atoms with van der Waals surface area (Å²) < 4.78 is 3.78. The number of nitrogens with zero attached hydrogens (tertiary/aromatic N) is 4. The molecule has 0 aliphatic heterocycles. The molecule has 132 valence electrons. The molecule has 5 rings (SSSR count). The first kappa shape index (κ1) is 15.8. The number of hydrogen-bond donors (Lipinski definition) is 1. The largest absolute Gasteiger partial charge is 0.320 e. The number of thiazole rings is 1. The number of imidazole rings is 2. The van der Waals surface area contributed by atoms with Gasteiger partial charge in [0.1, 0.15) is 11.3 Å².